The van der Waals surface area contributed by atoms with Crippen LogP contribution in [0.1, 0.15) is 59.2 Å². The van der Waals surface area contributed by atoms with Gasteiger partial charge in [0, 0.05) is 37.3 Å². The van der Waals surface area contributed by atoms with Crippen molar-refractivity contribution >= 4 is 29.2 Å². The van der Waals surface area contributed by atoms with Gasteiger partial charge < -0.3 is 10.2 Å². The molecular formula is C22H23N3O4. The topological polar surface area (TPSA) is 86.8 Å². The van der Waals surface area contributed by atoms with Crippen LogP contribution in [0.4, 0.5) is 5.69 Å². The summed E-state index contributed by atoms with van der Waals surface area (Å²) in [5.41, 5.74) is 2.43. The maximum Gasteiger partial charge on any atom is 0.262 e. The molecule has 1 spiro atoms. The Balaban J connectivity index is 1.35. The number of piperidine rings is 2. The minimum absolute atomic E-state index is 0.186. The number of rotatable bonds is 2. The van der Waals surface area contributed by atoms with Gasteiger partial charge in [0.05, 0.1) is 11.1 Å². The molecule has 1 aliphatic carbocycles. The first-order chi connectivity index (χ1) is 13.9. The van der Waals surface area contributed by atoms with Gasteiger partial charge in [0.15, 0.2) is 0 Å². The van der Waals surface area contributed by atoms with Crippen molar-refractivity contribution in [2.24, 2.45) is 5.41 Å². The Morgan fingerprint density at radius 3 is 2.34 bits per heavy atom. The van der Waals surface area contributed by atoms with Gasteiger partial charge in [-0.3, -0.25) is 24.1 Å². The molecule has 3 amide bonds. The van der Waals surface area contributed by atoms with Gasteiger partial charge in [-0.1, -0.05) is 6.58 Å². The minimum atomic E-state index is -0.789. The molecule has 150 valence electrons. The lowest BCUT2D eigenvalue weighted by Crippen LogP contribution is -2.51. The van der Waals surface area contributed by atoms with E-state index in [0.29, 0.717) is 48.3 Å². The molecule has 29 heavy (non-hydrogen) atoms. The highest BCUT2D eigenvalue weighted by Gasteiger charge is 2.46. The number of nitrogens with one attached hydrogen (secondary N) is 1. The van der Waals surface area contributed by atoms with Crippen LogP contribution in [0, 0.1) is 5.41 Å². The molecule has 5 rings (SSSR count). The summed E-state index contributed by atoms with van der Waals surface area (Å²) in [5, 5.41) is 2.65. The Morgan fingerprint density at radius 2 is 1.69 bits per heavy atom. The molecule has 0 radical (unpaired) electrons. The van der Waals surface area contributed by atoms with Crippen molar-refractivity contribution in [2.45, 2.75) is 44.6 Å². The third-order valence-electron chi connectivity index (χ3n) is 6.87. The molecule has 0 aromatic heterocycles. The van der Waals surface area contributed by atoms with E-state index in [2.05, 4.69) is 16.8 Å². The van der Waals surface area contributed by atoms with Crippen LogP contribution in [0.5, 0.6) is 0 Å². The SMILES string of the molecule is C=C1CCC(N2C(=O)c3ccc(N4CCC5(CC4)CC(=O)C5)cc3C2=O)C(=O)N1. The first-order valence-corrected chi connectivity index (χ1v) is 10.1. The lowest BCUT2D eigenvalue weighted by atomic mass is 9.62. The van der Waals surface area contributed by atoms with Gasteiger partial charge in [0.25, 0.3) is 11.8 Å². The Bertz CT molecular complexity index is 964. The molecule has 1 aromatic rings. The van der Waals surface area contributed by atoms with E-state index < -0.39 is 17.9 Å². The van der Waals surface area contributed by atoms with Crippen LogP contribution in [0.15, 0.2) is 30.5 Å². The number of carbonyl (C=O) groups excluding carboxylic acids is 4. The molecule has 3 aliphatic heterocycles. The lowest BCUT2D eigenvalue weighted by molar-refractivity contribution is -0.134. The summed E-state index contributed by atoms with van der Waals surface area (Å²) in [6, 6.07) is 4.56. The van der Waals surface area contributed by atoms with Gasteiger partial charge >= 0.3 is 0 Å². The number of hydrogen-bond donors (Lipinski definition) is 1. The third-order valence-corrected chi connectivity index (χ3v) is 6.87. The molecule has 2 saturated heterocycles. The summed E-state index contributed by atoms with van der Waals surface area (Å²) >= 11 is 0. The van der Waals surface area contributed by atoms with Gasteiger partial charge in [-0.2, -0.15) is 0 Å². The molecule has 1 aromatic carbocycles. The van der Waals surface area contributed by atoms with Crippen LogP contribution in [-0.4, -0.2) is 47.5 Å². The highest BCUT2D eigenvalue weighted by atomic mass is 16.2. The number of Topliss-reactive ketones (excluding diaryl/α,β-unsaturated/α-hetero) is 1. The number of nitrogens with zero attached hydrogens (tertiary/aromatic N) is 2. The largest absolute Gasteiger partial charge is 0.371 e. The summed E-state index contributed by atoms with van der Waals surface area (Å²) in [5.74, 6) is -0.810. The second kappa shape index (κ2) is 6.27. The van der Waals surface area contributed by atoms with Crippen molar-refractivity contribution in [1.82, 2.24) is 10.2 Å². The van der Waals surface area contributed by atoms with Crippen molar-refractivity contribution in [2.75, 3.05) is 18.0 Å². The number of imide groups is 1. The zero-order chi connectivity index (χ0) is 20.3. The molecular weight excluding hydrogens is 370 g/mol. The van der Waals surface area contributed by atoms with E-state index in [0.717, 1.165) is 36.5 Å². The normalized spacial score (nSPS) is 25.9. The smallest absolute Gasteiger partial charge is 0.262 e. The van der Waals surface area contributed by atoms with Crippen LogP contribution >= 0.6 is 0 Å². The van der Waals surface area contributed by atoms with Gasteiger partial charge in [0.2, 0.25) is 5.91 Å². The molecule has 3 heterocycles. The van der Waals surface area contributed by atoms with Crippen LogP contribution in [-0.2, 0) is 9.59 Å². The molecule has 1 unspecified atom stereocenters. The molecule has 7 heteroatoms. The summed E-state index contributed by atoms with van der Waals surface area (Å²) in [4.78, 5) is 52.9. The summed E-state index contributed by atoms with van der Waals surface area (Å²) in [6.45, 7) is 5.42. The van der Waals surface area contributed by atoms with Gasteiger partial charge in [-0.25, -0.2) is 0 Å². The molecule has 1 saturated carbocycles. The Labute approximate surface area is 168 Å². The van der Waals surface area contributed by atoms with Gasteiger partial charge in [-0.05, 0) is 49.3 Å². The number of hydrogen-bond acceptors (Lipinski definition) is 5. The Morgan fingerprint density at radius 1 is 1.00 bits per heavy atom. The second-order valence-corrected chi connectivity index (χ2v) is 8.74. The predicted octanol–water partition coefficient (Wildman–Crippen LogP) is 2.02. The van der Waals surface area contributed by atoms with Crippen molar-refractivity contribution in [3.8, 4) is 0 Å². The molecule has 3 fully saturated rings. The van der Waals surface area contributed by atoms with Crippen molar-refractivity contribution in [3.05, 3.63) is 41.6 Å². The number of amides is 3. The highest BCUT2D eigenvalue weighted by Crippen LogP contribution is 2.47. The van der Waals surface area contributed by atoms with Crippen LogP contribution in [0.25, 0.3) is 0 Å². The number of benzene rings is 1. The average Bonchev–Trinajstić information content (AvgIpc) is 2.92. The summed E-state index contributed by atoms with van der Waals surface area (Å²) in [7, 11) is 0. The van der Waals surface area contributed by atoms with E-state index in [9.17, 15) is 19.2 Å². The number of anilines is 1. The van der Waals surface area contributed by atoms with E-state index in [4.69, 9.17) is 0 Å². The number of fused-ring (bicyclic) bond motifs is 1. The standard InChI is InChI=1S/C22H23N3O4/c1-13-2-5-18(19(27)23-13)25-20(28)16-4-3-14(10-17(16)21(25)29)24-8-6-22(7-9-24)11-15(26)12-22/h3-4,10,18H,1-2,5-9,11-12H2,(H,23,27). The highest BCUT2D eigenvalue weighted by molar-refractivity contribution is 6.23. The van der Waals surface area contributed by atoms with Crippen LogP contribution in [0.3, 0.4) is 0 Å². The molecule has 0 bridgehead atoms. The molecule has 7 nitrogen and oxygen atoms in total. The number of ketones is 1. The molecule has 4 aliphatic rings. The first-order valence-electron chi connectivity index (χ1n) is 10.1. The predicted molar refractivity (Wildman–Crippen MR) is 105 cm³/mol. The summed E-state index contributed by atoms with van der Waals surface area (Å²) < 4.78 is 0. The zero-order valence-electron chi connectivity index (χ0n) is 16.2. The van der Waals surface area contributed by atoms with E-state index in [-0.39, 0.29) is 11.3 Å². The first kappa shape index (κ1) is 18.1. The third kappa shape index (κ3) is 2.79. The monoisotopic (exact) mass is 393 g/mol. The fraction of sp³-hybridized carbons (Fsp3) is 0.455. The number of carbonyl (C=O) groups is 4. The Kier molecular flexibility index (Phi) is 3.91. The van der Waals surface area contributed by atoms with Crippen molar-refractivity contribution < 1.29 is 19.2 Å². The quantitative estimate of drug-likeness (QED) is 0.777. The maximum atomic E-state index is 13.0. The number of allylic oxidation sites excluding steroid dienone is 1. The zero-order valence-corrected chi connectivity index (χ0v) is 16.2. The van der Waals surface area contributed by atoms with Crippen LogP contribution in [0.2, 0.25) is 0 Å². The Hall–Kier alpha value is -2.96. The van der Waals surface area contributed by atoms with E-state index in [1.807, 2.05) is 6.07 Å². The lowest BCUT2D eigenvalue weighted by Gasteiger charge is -2.47. The van der Waals surface area contributed by atoms with E-state index >= 15 is 0 Å². The van der Waals surface area contributed by atoms with E-state index in [1.54, 1.807) is 12.1 Å². The summed E-state index contributed by atoms with van der Waals surface area (Å²) in [6.07, 6.45) is 4.29. The van der Waals surface area contributed by atoms with Crippen LogP contribution < -0.4 is 10.2 Å². The fourth-order valence-corrected chi connectivity index (χ4v) is 5.11. The minimum Gasteiger partial charge on any atom is -0.371 e. The average molecular weight is 393 g/mol. The van der Waals surface area contributed by atoms with Gasteiger partial charge in [0.1, 0.15) is 11.8 Å². The molecule has 1 atom stereocenters. The second-order valence-electron chi connectivity index (χ2n) is 8.74. The fourth-order valence-electron chi connectivity index (χ4n) is 5.11. The van der Waals surface area contributed by atoms with Gasteiger partial charge in [-0.15, -0.1) is 0 Å². The van der Waals surface area contributed by atoms with Crippen molar-refractivity contribution in [3.63, 3.8) is 0 Å². The molecule has 1 N–H and O–H groups in total. The van der Waals surface area contributed by atoms with Crippen molar-refractivity contribution in [1.29, 1.82) is 0 Å². The maximum absolute atomic E-state index is 13.0. The van der Waals surface area contributed by atoms with E-state index in [1.165, 1.54) is 0 Å².